The number of nitrogens with one attached hydrogen (secondary N) is 1. The van der Waals surface area contributed by atoms with E-state index in [2.05, 4.69) is 22.9 Å². The Labute approximate surface area is 191 Å². The summed E-state index contributed by atoms with van der Waals surface area (Å²) in [6.45, 7) is 11.1. The van der Waals surface area contributed by atoms with Gasteiger partial charge >= 0.3 is 0 Å². The lowest BCUT2D eigenvalue weighted by Crippen LogP contribution is -2.54. The van der Waals surface area contributed by atoms with Gasteiger partial charge in [0.25, 0.3) is 5.91 Å². The molecule has 5 rings (SSSR count). The van der Waals surface area contributed by atoms with Crippen molar-refractivity contribution in [3.05, 3.63) is 52.3 Å². The van der Waals surface area contributed by atoms with Gasteiger partial charge in [-0.25, -0.2) is 0 Å². The fourth-order valence-electron chi connectivity index (χ4n) is 6.33. The van der Waals surface area contributed by atoms with Crippen molar-refractivity contribution in [1.82, 2.24) is 14.8 Å². The van der Waals surface area contributed by atoms with Crippen molar-refractivity contribution < 1.29 is 9.90 Å². The van der Waals surface area contributed by atoms with Crippen LogP contribution in [0.1, 0.15) is 66.0 Å². The molecule has 0 unspecified atom stereocenters. The molecule has 1 amide bonds. The maximum atomic E-state index is 13.2. The molecule has 2 aromatic rings. The summed E-state index contributed by atoms with van der Waals surface area (Å²) in [5.41, 5.74) is 5.77. The first-order chi connectivity index (χ1) is 15.4. The summed E-state index contributed by atoms with van der Waals surface area (Å²) in [6.07, 6.45) is 5.79. The predicted octanol–water partition coefficient (Wildman–Crippen LogP) is 4.28. The lowest BCUT2D eigenvalue weighted by Gasteiger charge is -2.51. The average Bonchev–Trinajstić information content (AvgIpc) is 3.55. The van der Waals surface area contributed by atoms with Crippen LogP contribution in [0, 0.1) is 18.8 Å². The van der Waals surface area contributed by atoms with Gasteiger partial charge in [0.05, 0.1) is 0 Å². The highest BCUT2D eigenvalue weighted by Gasteiger charge is 2.49. The van der Waals surface area contributed by atoms with Crippen molar-refractivity contribution >= 4 is 5.91 Å². The van der Waals surface area contributed by atoms with E-state index >= 15 is 0 Å². The number of benzene rings is 1. The van der Waals surface area contributed by atoms with Crippen LogP contribution in [-0.4, -0.2) is 58.5 Å². The van der Waals surface area contributed by atoms with Crippen LogP contribution < -0.4 is 0 Å². The van der Waals surface area contributed by atoms with E-state index in [1.807, 2.05) is 30.9 Å². The van der Waals surface area contributed by atoms with Crippen LogP contribution in [0.4, 0.5) is 0 Å². The number of phenols is 1. The van der Waals surface area contributed by atoms with Crippen LogP contribution in [0.5, 0.6) is 5.75 Å². The van der Waals surface area contributed by atoms with Gasteiger partial charge in [-0.15, -0.1) is 0 Å². The molecule has 1 aromatic carbocycles. The molecule has 2 fully saturated rings. The van der Waals surface area contributed by atoms with Gasteiger partial charge in [0.1, 0.15) is 11.4 Å². The number of aromatic nitrogens is 1. The van der Waals surface area contributed by atoms with E-state index in [1.165, 1.54) is 36.2 Å². The van der Waals surface area contributed by atoms with Crippen LogP contribution >= 0.6 is 0 Å². The van der Waals surface area contributed by atoms with Crippen LogP contribution in [0.2, 0.25) is 0 Å². The van der Waals surface area contributed by atoms with Gasteiger partial charge in [-0.1, -0.05) is 12.1 Å². The SMILES string of the molecule is CCN(CC)C(=O)c1[nH]c2c(c1C)C[C@@H]1CN(CC3CC3)CC[C@@]1(c1cccc(O)c1)C2. The molecule has 2 N–H and O–H groups in total. The summed E-state index contributed by atoms with van der Waals surface area (Å²) in [4.78, 5) is 21.3. The molecule has 1 aromatic heterocycles. The number of nitrogens with zero attached hydrogens (tertiary/aromatic N) is 2. The van der Waals surface area contributed by atoms with Crippen LogP contribution in [0.15, 0.2) is 24.3 Å². The number of carbonyl (C=O) groups is 1. The monoisotopic (exact) mass is 435 g/mol. The number of H-pyrrole nitrogens is 1. The van der Waals surface area contributed by atoms with Crippen molar-refractivity contribution in [2.45, 2.75) is 58.3 Å². The van der Waals surface area contributed by atoms with Crippen LogP contribution in [0.3, 0.4) is 0 Å². The van der Waals surface area contributed by atoms with E-state index in [9.17, 15) is 9.90 Å². The minimum absolute atomic E-state index is 0.0125. The number of amides is 1. The zero-order valence-electron chi connectivity index (χ0n) is 19.8. The first-order valence-electron chi connectivity index (χ1n) is 12.5. The first-order valence-corrected chi connectivity index (χ1v) is 12.5. The Hall–Kier alpha value is -2.27. The topological polar surface area (TPSA) is 59.6 Å². The average molecular weight is 436 g/mol. The summed E-state index contributed by atoms with van der Waals surface area (Å²) in [6, 6.07) is 7.93. The summed E-state index contributed by atoms with van der Waals surface area (Å²) >= 11 is 0. The number of hydrogen-bond donors (Lipinski definition) is 2. The second-order valence-corrected chi connectivity index (χ2v) is 10.3. The fraction of sp³-hybridized carbons (Fsp3) is 0.593. The molecule has 0 radical (unpaired) electrons. The van der Waals surface area contributed by atoms with E-state index in [-0.39, 0.29) is 11.3 Å². The molecule has 5 nitrogen and oxygen atoms in total. The summed E-state index contributed by atoms with van der Waals surface area (Å²) in [5, 5.41) is 10.3. The number of phenolic OH excluding ortho intramolecular Hbond substituents is 1. The van der Waals surface area contributed by atoms with Crippen LogP contribution in [0.25, 0.3) is 0 Å². The Kier molecular flexibility index (Phi) is 5.56. The highest BCUT2D eigenvalue weighted by molar-refractivity contribution is 5.94. The van der Waals surface area contributed by atoms with E-state index in [0.29, 0.717) is 11.7 Å². The number of rotatable bonds is 6. The maximum Gasteiger partial charge on any atom is 0.270 e. The standard InChI is InChI=1S/C27H37N3O2/c1-4-30(5-2)26(32)25-18(3)23-14-21-17-29(16-19-9-10-19)12-11-27(21,15-24(23)28-25)20-7-6-8-22(31)13-20/h6-8,13,19,21,28,31H,4-5,9-12,14-17H2,1-3H3/t21-,27+/m1/s1. The number of piperidine rings is 1. The summed E-state index contributed by atoms with van der Waals surface area (Å²) in [7, 11) is 0. The molecular weight excluding hydrogens is 398 g/mol. The number of fused-ring (bicyclic) bond motifs is 2. The molecule has 1 saturated heterocycles. The molecule has 0 spiro atoms. The minimum atomic E-state index is 0.0125. The van der Waals surface area contributed by atoms with Crippen molar-refractivity contribution in [3.63, 3.8) is 0 Å². The van der Waals surface area contributed by atoms with Crippen molar-refractivity contribution in [2.24, 2.45) is 11.8 Å². The second-order valence-electron chi connectivity index (χ2n) is 10.3. The Morgan fingerprint density at radius 3 is 2.75 bits per heavy atom. The second kappa shape index (κ2) is 8.26. The Morgan fingerprint density at radius 2 is 2.06 bits per heavy atom. The predicted molar refractivity (Wildman–Crippen MR) is 127 cm³/mol. The van der Waals surface area contributed by atoms with Crippen molar-refractivity contribution in [2.75, 3.05) is 32.7 Å². The van der Waals surface area contributed by atoms with Crippen molar-refractivity contribution in [3.8, 4) is 5.75 Å². The molecule has 0 bridgehead atoms. The number of hydrogen-bond acceptors (Lipinski definition) is 3. The molecule has 2 aliphatic carbocycles. The Bertz CT molecular complexity index is 1000. The summed E-state index contributed by atoms with van der Waals surface area (Å²) < 4.78 is 0. The van der Waals surface area contributed by atoms with Gasteiger partial charge in [-0.2, -0.15) is 0 Å². The van der Waals surface area contributed by atoms with Gasteiger partial charge in [0, 0.05) is 37.3 Å². The fourth-order valence-corrected chi connectivity index (χ4v) is 6.33. The molecule has 2 atom stereocenters. The molecule has 5 heteroatoms. The molecule has 2 heterocycles. The number of aromatic hydroxyl groups is 1. The highest BCUT2D eigenvalue weighted by Crippen LogP contribution is 2.49. The van der Waals surface area contributed by atoms with Crippen LogP contribution in [-0.2, 0) is 18.3 Å². The normalized spacial score (nSPS) is 25.3. The van der Waals surface area contributed by atoms with E-state index in [1.54, 1.807) is 6.07 Å². The minimum Gasteiger partial charge on any atom is -0.508 e. The smallest absolute Gasteiger partial charge is 0.270 e. The maximum absolute atomic E-state index is 13.2. The molecule has 172 valence electrons. The molecule has 32 heavy (non-hydrogen) atoms. The van der Waals surface area contributed by atoms with E-state index < -0.39 is 0 Å². The van der Waals surface area contributed by atoms with E-state index in [4.69, 9.17) is 0 Å². The lowest BCUT2D eigenvalue weighted by molar-refractivity contribution is 0.0764. The van der Waals surface area contributed by atoms with E-state index in [0.717, 1.165) is 62.6 Å². The third kappa shape index (κ3) is 3.64. The highest BCUT2D eigenvalue weighted by atomic mass is 16.3. The third-order valence-corrected chi connectivity index (χ3v) is 8.44. The Morgan fingerprint density at radius 1 is 1.28 bits per heavy atom. The third-order valence-electron chi connectivity index (χ3n) is 8.44. The first kappa shape index (κ1) is 21.6. The quantitative estimate of drug-likeness (QED) is 0.712. The van der Waals surface area contributed by atoms with Gasteiger partial charge < -0.3 is 19.9 Å². The zero-order chi connectivity index (χ0) is 22.5. The molecular formula is C27H37N3O2. The number of likely N-dealkylation sites (tertiary alicyclic amines) is 1. The molecule has 1 aliphatic heterocycles. The molecule has 3 aliphatic rings. The Balaban J connectivity index is 1.52. The van der Waals surface area contributed by atoms with Gasteiger partial charge in [0.2, 0.25) is 0 Å². The van der Waals surface area contributed by atoms with Gasteiger partial charge in [0.15, 0.2) is 0 Å². The number of carbonyl (C=O) groups excluding carboxylic acids is 1. The van der Waals surface area contributed by atoms with Gasteiger partial charge in [-0.3, -0.25) is 4.79 Å². The lowest BCUT2D eigenvalue weighted by atomic mass is 9.58. The number of aromatic amines is 1. The molecule has 1 saturated carbocycles. The summed E-state index contributed by atoms with van der Waals surface area (Å²) in [5.74, 6) is 1.86. The zero-order valence-corrected chi connectivity index (χ0v) is 19.8. The largest absolute Gasteiger partial charge is 0.508 e. The van der Waals surface area contributed by atoms with Crippen molar-refractivity contribution in [1.29, 1.82) is 0 Å². The van der Waals surface area contributed by atoms with Gasteiger partial charge in [-0.05, 0) is 100 Å².